The molecule has 0 atom stereocenters. The van der Waals surface area contributed by atoms with Crippen LogP contribution in [0.3, 0.4) is 0 Å². The van der Waals surface area contributed by atoms with Crippen molar-refractivity contribution in [1.82, 2.24) is 9.88 Å². The van der Waals surface area contributed by atoms with Crippen LogP contribution in [0.2, 0.25) is 0 Å². The monoisotopic (exact) mass is 490 g/mol. The zero-order valence-electron chi connectivity index (χ0n) is 20.1. The molecule has 1 saturated heterocycles. The number of carbonyl (C=O) groups is 1. The van der Waals surface area contributed by atoms with Crippen molar-refractivity contribution in [3.63, 3.8) is 0 Å². The van der Waals surface area contributed by atoms with Crippen molar-refractivity contribution >= 4 is 27.4 Å². The molecule has 8 heteroatoms. The molecule has 0 spiro atoms. The number of anilines is 2. The summed E-state index contributed by atoms with van der Waals surface area (Å²) in [6, 6.07) is 17.3. The lowest BCUT2D eigenvalue weighted by molar-refractivity contribution is 0.177. The van der Waals surface area contributed by atoms with Gasteiger partial charge in [0, 0.05) is 43.8 Å². The maximum atomic E-state index is 12.9. The van der Waals surface area contributed by atoms with Crippen molar-refractivity contribution in [2.75, 3.05) is 36.1 Å². The van der Waals surface area contributed by atoms with Crippen LogP contribution in [0.4, 0.5) is 16.3 Å². The first kappa shape index (κ1) is 23.4. The summed E-state index contributed by atoms with van der Waals surface area (Å²) in [5.41, 5.74) is 5.15. The van der Waals surface area contributed by atoms with E-state index in [0.717, 1.165) is 67.1 Å². The lowest BCUT2D eigenvalue weighted by Gasteiger charge is -2.38. The van der Waals surface area contributed by atoms with E-state index >= 15 is 0 Å². The molecule has 0 saturated carbocycles. The fourth-order valence-corrected chi connectivity index (χ4v) is 5.65. The fourth-order valence-electron chi connectivity index (χ4n) is 5.02. The number of amides is 2. The third-order valence-corrected chi connectivity index (χ3v) is 8.18. The van der Waals surface area contributed by atoms with E-state index in [4.69, 9.17) is 0 Å². The third-order valence-electron chi connectivity index (χ3n) is 7.05. The first-order chi connectivity index (χ1) is 16.8. The van der Waals surface area contributed by atoms with E-state index in [-0.39, 0.29) is 12.1 Å². The number of hydrogen-bond donors (Lipinski definition) is 1. The number of benzene rings is 2. The van der Waals surface area contributed by atoms with Crippen LogP contribution in [0.1, 0.15) is 24.0 Å². The number of urea groups is 1. The minimum absolute atomic E-state index is 0.0123. The number of sulfone groups is 1. The Kier molecular flexibility index (Phi) is 6.23. The molecule has 3 heterocycles. The van der Waals surface area contributed by atoms with Crippen molar-refractivity contribution in [3.8, 4) is 11.1 Å². The smallest absolute Gasteiger partial charge is 0.322 e. The average molecular weight is 491 g/mol. The van der Waals surface area contributed by atoms with E-state index in [1.54, 1.807) is 12.1 Å². The van der Waals surface area contributed by atoms with Gasteiger partial charge < -0.3 is 15.1 Å². The maximum Gasteiger partial charge on any atom is 0.322 e. The molecule has 182 valence electrons. The van der Waals surface area contributed by atoms with Crippen molar-refractivity contribution < 1.29 is 13.2 Å². The van der Waals surface area contributed by atoms with Crippen LogP contribution in [0.5, 0.6) is 0 Å². The van der Waals surface area contributed by atoms with Crippen molar-refractivity contribution in [3.05, 3.63) is 71.9 Å². The summed E-state index contributed by atoms with van der Waals surface area (Å²) in [4.78, 5) is 22.2. The zero-order chi connectivity index (χ0) is 24.6. The summed E-state index contributed by atoms with van der Waals surface area (Å²) in [5, 5.41) is 3.08. The van der Waals surface area contributed by atoms with Crippen LogP contribution in [-0.2, 0) is 16.3 Å². The highest BCUT2D eigenvalue weighted by Gasteiger charge is 2.30. The molecule has 1 N–H and O–H groups in total. The highest BCUT2D eigenvalue weighted by molar-refractivity contribution is 7.90. The Morgan fingerprint density at radius 2 is 1.71 bits per heavy atom. The molecule has 0 radical (unpaired) electrons. The van der Waals surface area contributed by atoms with Crippen molar-refractivity contribution in [2.24, 2.45) is 0 Å². The molecule has 2 aliphatic rings. The van der Waals surface area contributed by atoms with Gasteiger partial charge in [-0.25, -0.2) is 18.2 Å². The van der Waals surface area contributed by atoms with Crippen LogP contribution >= 0.6 is 0 Å². The molecule has 1 aromatic heterocycles. The van der Waals surface area contributed by atoms with Crippen molar-refractivity contribution in [2.45, 2.75) is 37.1 Å². The Labute approximate surface area is 206 Å². The number of hydrogen-bond acceptors (Lipinski definition) is 5. The number of carbonyl (C=O) groups excluding carboxylic acids is 1. The first-order valence-electron chi connectivity index (χ1n) is 12.0. The normalized spacial score (nSPS) is 17.0. The zero-order valence-corrected chi connectivity index (χ0v) is 20.9. The molecular formula is C27H30N4O3S. The van der Waals surface area contributed by atoms with Gasteiger partial charge in [0.25, 0.3) is 0 Å². The number of piperidine rings is 1. The highest BCUT2D eigenvalue weighted by atomic mass is 32.2. The van der Waals surface area contributed by atoms with Gasteiger partial charge in [0.15, 0.2) is 9.84 Å². The van der Waals surface area contributed by atoms with Gasteiger partial charge in [-0.1, -0.05) is 30.3 Å². The van der Waals surface area contributed by atoms with Gasteiger partial charge in [-0.3, -0.25) is 0 Å². The summed E-state index contributed by atoms with van der Waals surface area (Å²) in [6.45, 7) is 4.39. The number of nitrogens with one attached hydrogen (secondary N) is 1. The predicted molar refractivity (Wildman–Crippen MR) is 139 cm³/mol. The summed E-state index contributed by atoms with van der Waals surface area (Å²) in [6.07, 6.45) is 5.72. The maximum absolute atomic E-state index is 12.9. The number of fused-ring (bicyclic) bond motifs is 1. The number of para-hydroxylation sites is 1. The Balaban J connectivity index is 1.28. The Bertz CT molecular complexity index is 1350. The van der Waals surface area contributed by atoms with Crippen LogP contribution in [-0.4, -0.2) is 56.3 Å². The van der Waals surface area contributed by atoms with Gasteiger partial charge in [0.1, 0.15) is 5.82 Å². The van der Waals surface area contributed by atoms with Gasteiger partial charge in [-0.05, 0) is 72.7 Å². The molecule has 5 rings (SSSR count). The fraction of sp³-hybridized carbons (Fsp3) is 0.333. The Hall–Kier alpha value is -3.39. The highest BCUT2D eigenvalue weighted by Crippen LogP contribution is 2.30. The summed E-state index contributed by atoms with van der Waals surface area (Å²) < 4.78 is 23.6. The molecule has 2 aliphatic heterocycles. The van der Waals surface area contributed by atoms with Gasteiger partial charge in [-0.15, -0.1) is 0 Å². The van der Waals surface area contributed by atoms with Crippen LogP contribution in [0.15, 0.2) is 65.7 Å². The van der Waals surface area contributed by atoms with E-state index in [1.165, 1.54) is 11.8 Å². The molecule has 1 fully saturated rings. The molecule has 0 bridgehead atoms. The SMILES string of the molecule is Cc1cnc(N2CCC(N3CCc4ccccc4NC3=O)CC2)cc1-c1ccc(S(C)(=O)=O)cc1. The average Bonchev–Trinajstić information content (AvgIpc) is 3.02. The largest absolute Gasteiger partial charge is 0.356 e. The second-order valence-electron chi connectivity index (χ2n) is 9.40. The van der Waals surface area contributed by atoms with E-state index in [2.05, 4.69) is 27.3 Å². The standard InChI is InChI=1S/C27H30N4O3S/c1-19-18-28-26(17-24(19)20-7-9-23(10-8-20)35(2,33)34)30-14-12-22(13-15-30)31-16-11-21-5-3-4-6-25(21)29-27(31)32/h3-10,17-18,22H,11-16H2,1-2H3,(H,29,32). The summed E-state index contributed by atoms with van der Waals surface area (Å²) in [5.74, 6) is 0.906. The lowest BCUT2D eigenvalue weighted by atomic mass is 10.0. The van der Waals surface area contributed by atoms with Gasteiger partial charge >= 0.3 is 6.03 Å². The second-order valence-corrected chi connectivity index (χ2v) is 11.4. The number of aryl methyl sites for hydroxylation is 1. The summed E-state index contributed by atoms with van der Waals surface area (Å²) >= 11 is 0. The number of nitrogens with zero attached hydrogens (tertiary/aromatic N) is 3. The van der Waals surface area contributed by atoms with Crippen LogP contribution < -0.4 is 10.2 Å². The predicted octanol–water partition coefficient (Wildman–Crippen LogP) is 4.52. The molecular weight excluding hydrogens is 460 g/mol. The molecule has 0 aliphatic carbocycles. The van der Waals surface area contributed by atoms with E-state index in [9.17, 15) is 13.2 Å². The molecule has 0 unspecified atom stereocenters. The Morgan fingerprint density at radius 3 is 2.43 bits per heavy atom. The van der Waals surface area contributed by atoms with Gasteiger partial charge in [0.2, 0.25) is 0 Å². The minimum atomic E-state index is -3.23. The molecule has 35 heavy (non-hydrogen) atoms. The molecule has 7 nitrogen and oxygen atoms in total. The second kappa shape index (κ2) is 9.34. The molecule has 2 aromatic carbocycles. The van der Waals surface area contributed by atoms with Gasteiger partial charge in [-0.2, -0.15) is 0 Å². The lowest BCUT2D eigenvalue weighted by Crippen LogP contribution is -2.49. The minimum Gasteiger partial charge on any atom is -0.356 e. The molecule has 2 amide bonds. The number of pyridine rings is 1. The van der Waals surface area contributed by atoms with Crippen LogP contribution in [0, 0.1) is 6.92 Å². The van der Waals surface area contributed by atoms with Crippen LogP contribution in [0.25, 0.3) is 11.1 Å². The number of aromatic nitrogens is 1. The third kappa shape index (κ3) is 4.89. The topological polar surface area (TPSA) is 82.6 Å². The first-order valence-corrected chi connectivity index (χ1v) is 13.9. The van der Waals surface area contributed by atoms with Crippen molar-refractivity contribution in [1.29, 1.82) is 0 Å². The van der Waals surface area contributed by atoms with E-state index in [1.807, 2.05) is 48.4 Å². The number of rotatable bonds is 4. The van der Waals surface area contributed by atoms with Gasteiger partial charge in [0.05, 0.1) is 4.90 Å². The summed E-state index contributed by atoms with van der Waals surface area (Å²) in [7, 11) is -3.23. The van der Waals surface area contributed by atoms with E-state index < -0.39 is 9.84 Å². The van der Waals surface area contributed by atoms with E-state index in [0.29, 0.717) is 4.90 Å². The quantitative estimate of drug-likeness (QED) is 0.582. The molecule has 3 aromatic rings. The Morgan fingerprint density at radius 1 is 1.00 bits per heavy atom.